The summed E-state index contributed by atoms with van der Waals surface area (Å²) in [6, 6.07) is 10.2. The molecule has 0 fully saturated rings. The number of hydrogen-bond donors (Lipinski definition) is 1. The summed E-state index contributed by atoms with van der Waals surface area (Å²) in [5.74, 6) is 0.990. The maximum atomic E-state index is 11.7. The largest absolute Gasteiger partial charge is 1.00 e. The molecular formula is C21H27KO5S. The van der Waals surface area contributed by atoms with Crippen LogP contribution < -0.4 is 61.2 Å². The summed E-state index contributed by atoms with van der Waals surface area (Å²) in [5, 5.41) is 11.7. The summed E-state index contributed by atoms with van der Waals surface area (Å²) in [5.41, 5.74) is 0.856. The molecule has 7 heteroatoms. The Labute approximate surface area is 210 Å². The molecule has 148 valence electrons. The van der Waals surface area contributed by atoms with Gasteiger partial charge in [-0.2, -0.15) is 8.42 Å². The summed E-state index contributed by atoms with van der Waals surface area (Å²) in [6.45, 7) is 2.20. The van der Waals surface area contributed by atoms with Crippen LogP contribution in [0.3, 0.4) is 0 Å². The average molecular weight is 431 g/mol. The van der Waals surface area contributed by atoms with Crippen LogP contribution in [0.25, 0.3) is 0 Å². The normalized spacial score (nSPS) is 11.1. The van der Waals surface area contributed by atoms with E-state index in [1.807, 2.05) is 0 Å². The molecule has 28 heavy (non-hydrogen) atoms. The van der Waals surface area contributed by atoms with Crippen LogP contribution in [0.2, 0.25) is 0 Å². The minimum atomic E-state index is -4.23. The Kier molecular flexibility index (Phi) is 11.9. The number of rotatable bonds is 11. The molecule has 0 spiro atoms. The van der Waals surface area contributed by atoms with E-state index in [1.54, 1.807) is 12.1 Å². The molecule has 0 radical (unpaired) electrons. The molecule has 5 nitrogen and oxygen atoms in total. The molecular weight excluding hydrogens is 403 g/mol. The van der Waals surface area contributed by atoms with Crippen molar-refractivity contribution in [1.29, 1.82) is 0 Å². The van der Waals surface area contributed by atoms with E-state index in [1.165, 1.54) is 62.4 Å². The van der Waals surface area contributed by atoms with E-state index in [9.17, 15) is 13.5 Å². The molecule has 0 aliphatic rings. The first-order valence-electron chi connectivity index (χ1n) is 9.45. The van der Waals surface area contributed by atoms with Crippen LogP contribution in [0.15, 0.2) is 47.4 Å². The Hall–Kier alpha value is -0.414. The number of ether oxygens (including phenoxy) is 1. The van der Waals surface area contributed by atoms with E-state index in [0.29, 0.717) is 11.5 Å². The summed E-state index contributed by atoms with van der Waals surface area (Å²) in [4.78, 5) is -0.187. The molecule has 0 amide bonds. The third kappa shape index (κ3) is 8.94. The second-order valence-corrected chi connectivity index (χ2v) is 8.11. The monoisotopic (exact) mass is 430 g/mol. The van der Waals surface area contributed by atoms with Crippen LogP contribution >= 0.6 is 0 Å². The molecule has 2 aromatic rings. The first-order chi connectivity index (χ1) is 12.9. The Bertz CT molecular complexity index is 819. The number of hydrogen-bond acceptors (Lipinski definition) is 4. The fourth-order valence-corrected chi connectivity index (χ4v) is 3.41. The van der Waals surface area contributed by atoms with Crippen molar-refractivity contribution in [3.05, 3.63) is 48.0 Å². The summed E-state index contributed by atoms with van der Waals surface area (Å²) in [7, 11) is -4.23. The fourth-order valence-electron chi connectivity index (χ4n) is 2.93. The molecule has 1 N–H and O–H groups in total. The van der Waals surface area contributed by atoms with Crippen LogP contribution in [0, 0.1) is 0 Å². The van der Waals surface area contributed by atoms with E-state index >= 15 is 0 Å². The zero-order chi connectivity index (χ0) is 19.7. The maximum absolute atomic E-state index is 11.7. The van der Waals surface area contributed by atoms with Gasteiger partial charge in [0, 0.05) is 0 Å². The Morgan fingerprint density at radius 1 is 0.929 bits per heavy atom. The predicted molar refractivity (Wildman–Crippen MR) is 104 cm³/mol. The third-order valence-electron chi connectivity index (χ3n) is 4.43. The van der Waals surface area contributed by atoms with E-state index in [-0.39, 0.29) is 62.0 Å². The van der Waals surface area contributed by atoms with E-state index in [4.69, 9.17) is 9.29 Å². The van der Waals surface area contributed by atoms with Gasteiger partial charge < -0.3 is 9.84 Å². The van der Waals surface area contributed by atoms with Gasteiger partial charge in [-0.1, -0.05) is 57.6 Å². The Balaban J connectivity index is 0.00000392. The van der Waals surface area contributed by atoms with Crippen molar-refractivity contribution in [2.24, 2.45) is 0 Å². The van der Waals surface area contributed by atoms with Crippen LogP contribution in [0.1, 0.15) is 57.4 Å². The van der Waals surface area contributed by atoms with Gasteiger partial charge in [0.1, 0.15) is 11.5 Å². The minimum absolute atomic E-state index is 0. The van der Waals surface area contributed by atoms with Gasteiger partial charge in [0.05, 0.1) is 4.90 Å². The van der Waals surface area contributed by atoms with Gasteiger partial charge >= 0.3 is 51.4 Å². The number of benzene rings is 2. The summed E-state index contributed by atoms with van der Waals surface area (Å²) in [6.07, 6.45) is 9.13. The van der Waals surface area contributed by atoms with Crippen LogP contribution in [-0.2, 0) is 16.5 Å². The second-order valence-electron chi connectivity index (χ2n) is 6.69. The number of unbranched alkanes of at least 4 members (excludes halogenated alkanes) is 6. The SMILES string of the molecule is CCCCCCCCCc1cc([O-])ccc1Oc1ccc(S(=O)(=O)O)cc1.[K+]. The topological polar surface area (TPSA) is 86.7 Å². The van der Waals surface area contributed by atoms with Crippen molar-refractivity contribution < 1.29 is 74.2 Å². The van der Waals surface area contributed by atoms with Crippen LogP contribution in [0.5, 0.6) is 17.2 Å². The van der Waals surface area contributed by atoms with Crippen molar-refractivity contribution in [3.63, 3.8) is 0 Å². The van der Waals surface area contributed by atoms with Crippen LogP contribution in [0.4, 0.5) is 0 Å². The summed E-state index contributed by atoms with van der Waals surface area (Å²) >= 11 is 0. The second kappa shape index (κ2) is 13.0. The van der Waals surface area contributed by atoms with Crippen molar-refractivity contribution in [2.45, 2.75) is 63.2 Å². The van der Waals surface area contributed by atoms with E-state index in [0.717, 1.165) is 24.8 Å². The molecule has 0 aliphatic carbocycles. The molecule has 2 aromatic carbocycles. The van der Waals surface area contributed by atoms with Gasteiger partial charge in [0.25, 0.3) is 10.1 Å². The van der Waals surface area contributed by atoms with Crippen molar-refractivity contribution in [3.8, 4) is 17.2 Å². The van der Waals surface area contributed by atoms with Gasteiger partial charge in [-0.25, -0.2) is 0 Å². The van der Waals surface area contributed by atoms with Gasteiger partial charge in [0.15, 0.2) is 0 Å². The molecule has 0 aliphatic heterocycles. The smallest absolute Gasteiger partial charge is 0.872 e. The molecule has 0 saturated heterocycles. The first kappa shape index (κ1) is 25.6. The zero-order valence-electron chi connectivity index (χ0n) is 16.7. The molecule has 2 rings (SSSR count). The average Bonchev–Trinajstić information content (AvgIpc) is 2.63. The zero-order valence-corrected chi connectivity index (χ0v) is 20.6. The molecule has 0 atom stereocenters. The van der Waals surface area contributed by atoms with Gasteiger partial charge in [-0.05, 0) is 48.7 Å². The Morgan fingerprint density at radius 2 is 1.54 bits per heavy atom. The quantitative estimate of drug-likeness (QED) is 0.335. The first-order valence-corrected chi connectivity index (χ1v) is 10.9. The fraction of sp³-hybridized carbons (Fsp3) is 0.429. The Morgan fingerprint density at radius 3 is 2.14 bits per heavy atom. The predicted octanol–water partition coefficient (Wildman–Crippen LogP) is 2.10. The standard InChI is InChI=1S/C21H28O5S.K/c1-2-3-4-5-6-7-8-9-17-16-18(22)10-15-21(17)26-19-11-13-20(14-12-19)27(23,24)25;/h10-16,22H,2-9H2,1H3,(H,23,24,25);/q;+1/p-1. The van der Waals surface area contributed by atoms with Crippen LogP contribution in [-0.4, -0.2) is 13.0 Å². The minimum Gasteiger partial charge on any atom is -0.872 e. The van der Waals surface area contributed by atoms with Gasteiger partial charge in [-0.3, -0.25) is 4.55 Å². The molecule has 0 unspecified atom stereocenters. The molecule has 0 bridgehead atoms. The van der Waals surface area contributed by atoms with E-state index in [2.05, 4.69) is 6.92 Å². The maximum Gasteiger partial charge on any atom is 1.00 e. The molecule has 0 heterocycles. The van der Waals surface area contributed by atoms with Crippen molar-refractivity contribution >= 4 is 10.1 Å². The summed E-state index contributed by atoms with van der Waals surface area (Å²) < 4.78 is 37.1. The third-order valence-corrected chi connectivity index (χ3v) is 5.30. The van der Waals surface area contributed by atoms with Gasteiger partial charge in [0.2, 0.25) is 0 Å². The molecule has 0 saturated carbocycles. The van der Waals surface area contributed by atoms with Crippen molar-refractivity contribution in [1.82, 2.24) is 0 Å². The number of aryl methyl sites for hydroxylation is 1. The van der Waals surface area contributed by atoms with E-state index < -0.39 is 10.1 Å². The molecule has 0 aromatic heterocycles. The van der Waals surface area contributed by atoms with Gasteiger partial charge in [-0.15, -0.1) is 5.75 Å². The van der Waals surface area contributed by atoms with Crippen molar-refractivity contribution in [2.75, 3.05) is 0 Å².